The molecule has 1 aromatic heterocycles. The molecule has 0 unspecified atom stereocenters. The van der Waals surface area contributed by atoms with Crippen LogP contribution < -0.4 is 14.8 Å². The van der Waals surface area contributed by atoms with E-state index >= 15 is 0 Å². The third kappa shape index (κ3) is 5.65. The summed E-state index contributed by atoms with van der Waals surface area (Å²) < 4.78 is 13.1. The van der Waals surface area contributed by atoms with Crippen molar-refractivity contribution < 1.29 is 24.2 Å². The number of carboxylic acid groups (broad SMARTS) is 1. The Morgan fingerprint density at radius 3 is 2.31 bits per heavy atom. The van der Waals surface area contributed by atoms with Crippen LogP contribution in [0.15, 0.2) is 54.6 Å². The van der Waals surface area contributed by atoms with Crippen molar-refractivity contribution in [2.24, 2.45) is 0 Å². The highest BCUT2D eigenvalue weighted by Crippen LogP contribution is 2.41. The van der Waals surface area contributed by atoms with Crippen LogP contribution in [0.3, 0.4) is 0 Å². The van der Waals surface area contributed by atoms with Gasteiger partial charge < -0.3 is 19.9 Å². The van der Waals surface area contributed by atoms with E-state index in [1.165, 1.54) is 0 Å². The molecule has 0 spiro atoms. The van der Waals surface area contributed by atoms with Gasteiger partial charge in [0.1, 0.15) is 11.5 Å². The number of aromatic nitrogens is 2. The second-order valence-corrected chi connectivity index (χ2v) is 8.79. The number of nitrogens with one attached hydrogen (secondary N) is 1. The van der Waals surface area contributed by atoms with Crippen molar-refractivity contribution >= 4 is 11.9 Å². The summed E-state index contributed by atoms with van der Waals surface area (Å²) in [6.45, 7) is 0. The quantitative estimate of drug-likeness (QED) is 0.446. The van der Waals surface area contributed by atoms with Gasteiger partial charge in [-0.15, -0.1) is 0 Å². The molecular weight excluding hydrogens is 446 g/mol. The fourth-order valence-electron chi connectivity index (χ4n) is 4.77. The van der Waals surface area contributed by atoms with Gasteiger partial charge in [-0.2, -0.15) is 5.10 Å². The molecule has 0 radical (unpaired) electrons. The lowest BCUT2D eigenvalue weighted by atomic mass is 10.0. The van der Waals surface area contributed by atoms with Crippen LogP contribution in [0.4, 0.5) is 0 Å². The Labute approximate surface area is 204 Å². The van der Waals surface area contributed by atoms with Gasteiger partial charge in [0.15, 0.2) is 5.69 Å². The van der Waals surface area contributed by atoms with Crippen LogP contribution in [0.25, 0.3) is 11.3 Å². The van der Waals surface area contributed by atoms with Crippen LogP contribution in [0.5, 0.6) is 11.5 Å². The molecule has 184 valence electrons. The first-order valence-electron chi connectivity index (χ1n) is 11.9. The van der Waals surface area contributed by atoms with Gasteiger partial charge in [-0.05, 0) is 43.0 Å². The van der Waals surface area contributed by atoms with Gasteiger partial charge >= 0.3 is 5.97 Å². The van der Waals surface area contributed by atoms with Crippen molar-refractivity contribution in [2.75, 3.05) is 14.2 Å². The minimum absolute atomic E-state index is 0.167. The largest absolute Gasteiger partial charge is 0.496 e. The maximum Gasteiger partial charge on any atom is 0.305 e. The third-order valence-electron chi connectivity index (χ3n) is 6.40. The van der Waals surface area contributed by atoms with Crippen LogP contribution in [-0.2, 0) is 11.2 Å². The molecule has 1 heterocycles. The number of hydrogen-bond acceptors (Lipinski definition) is 5. The van der Waals surface area contributed by atoms with Crippen molar-refractivity contribution in [1.29, 1.82) is 0 Å². The van der Waals surface area contributed by atoms with E-state index in [4.69, 9.17) is 14.6 Å². The number of amides is 1. The van der Waals surface area contributed by atoms with Crippen LogP contribution in [0, 0.1) is 0 Å². The molecule has 0 bridgehead atoms. The number of carboxylic acids is 1. The predicted molar refractivity (Wildman–Crippen MR) is 132 cm³/mol. The molecule has 0 aliphatic heterocycles. The summed E-state index contributed by atoms with van der Waals surface area (Å²) in [6.07, 6.45) is 4.39. The van der Waals surface area contributed by atoms with E-state index in [1.54, 1.807) is 20.3 Å². The smallest absolute Gasteiger partial charge is 0.305 e. The highest BCUT2D eigenvalue weighted by Gasteiger charge is 2.28. The van der Waals surface area contributed by atoms with Crippen LogP contribution >= 0.6 is 0 Å². The molecule has 1 amide bonds. The van der Waals surface area contributed by atoms with Crippen molar-refractivity contribution in [2.45, 2.75) is 50.6 Å². The summed E-state index contributed by atoms with van der Waals surface area (Å²) in [5, 5.41) is 17.0. The molecule has 35 heavy (non-hydrogen) atoms. The standard InChI is InChI=1S/C27H31N3O5/c1-34-23-13-8-14-24(35-2)26(23)22-17-21(29-30(22)20-11-6-7-12-20)27(33)28-19(16-25(31)32)15-18-9-4-3-5-10-18/h3-5,8-10,13-14,17,19-20H,6-7,11-12,15-16H2,1-2H3,(H,28,33)(H,31,32)/t19-/m0/s1. The first-order valence-corrected chi connectivity index (χ1v) is 11.9. The summed E-state index contributed by atoms with van der Waals surface area (Å²) in [6, 6.07) is 16.4. The lowest BCUT2D eigenvalue weighted by Crippen LogP contribution is -2.38. The lowest BCUT2D eigenvalue weighted by Gasteiger charge is -2.18. The maximum atomic E-state index is 13.3. The molecule has 1 aliphatic rings. The average Bonchev–Trinajstić information content (AvgIpc) is 3.54. The summed E-state index contributed by atoms with van der Waals surface area (Å²) in [5.41, 5.74) is 2.68. The first-order chi connectivity index (χ1) is 17.0. The number of hydrogen-bond donors (Lipinski definition) is 2. The molecule has 2 aromatic carbocycles. The Morgan fingerprint density at radius 1 is 1.06 bits per heavy atom. The number of rotatable bonds is 10. The number of benzene rings is 2. The minimum atomic E-state index is -0.970. The molecule has 2 N–H and O–H groups in total. The van der Waals surface area contributed by atoms with Gasteiger partial charge in [0.2, 0.25) is 0 Å². The maximum absolute atomic E-state index is 13.3. The van der Waals surface area contributed by atoms with Crippen molar-refractivity contribution in [3.8, 4) is 22.8 Å². The Hall–Kier alpha value is -3.81. The summed E-state index contributed by atoms with van der Waals surface area (Å²) in [7, 11) is 3.20. The van der Waals surface area contributed by atoms with Crippen LogP contribution in [-0.4, -0.2) is 47.0 Å². The molecule has 3 aromatic rings. The number of nitrogens with zero attached hydrogens (tertiary/aromatic N) is 2. The van der Waals surface area contributed by atoms with E-state index in [1.807, 2.05) is 53.2 Å². The Kier molecular flexibility index (Phi) is 7.70. The molecule has 8 heteroatoms. The van der Waals surface area contributed by atoms with E-state index in [-0.39, 0.29) is 18.2 Å². The van der Waals surface area contributed by atoms with Crippen LogP contribution in [0.1, 0.15) is 54.2 Å². The summed E-state index contributed by atoms with van der Waals surface area (Å²) in [4.78, 5) is 24.8. The molecule has 1 aliphatic carbocycles. The van der Waals surface area contributed by atoms with E-state index in [2.05, 4.69) is 5.32 Å². The zero-order valence-corrected chi connectivity index (χ0v) is 20.1. The highest BCUT2D eigenvalue weighted by atomic mass is 16.5. The fourth-order valence-corrected chi connectivity index (χ4v) is 4.77. The number of aliphatic carboxylic acids is 1. The van der Waals surface area contributed by atoms with Crippen LogP contribution in [0.2, 0.25) is 0 Å². The third-order valence-corrected chi connectivity index (χ3v) is 6.40. The molecule has 0 saturated heterocycles. The topological polar surface area (TPSA) is 103 Å². The summed E-state index contributed by atoms with van der Waals surface area (Å²) >= 11 is 0. The highest BCUT2D eigenvalue weighted by molar-refractivity contribution is 5.94. The first kappa shape index (κ1) is 24.3. The van der Waals surface area contributed by atoms with Gasteiger partial charge in [0, 0.05) is 6.04 Å². The molecular formula is C27H31N3O5. The van der Waals surface area contributed by atoms with Gasteiger partial charge in [-0.25, -0.2) is 0 Å². The zero-order valence-electron chi connectivity index (χ0n) is 20.1. The molecule has 1 atom stereocenters. The Morgan fingerprint density at radius 2 is 1.71 bits per heavy atom. The fraction of sp³-hybridized carbons (Fsp3) is 0.370. The van der Waals surface area contributed by atoms with E-state index in [9.17, 15) is 14.7 Å². The van der Waals surface area contributed by atoms with E-state index < -0.39 is 17.9 Å². The average molecular weight is 478 g/mol. The Balaban J connectivity index is 1.68. The van der Waals surface area contributed by atoms with Gasteiger partial charge in [-0.1, -0.05) is 49.2 Å². The summed E-state index contributed by atoms with van der Waals surface area (Å²) in [5.74, 6) is -0.118. The molecule has 4 rings (SSSR count). The number of methoxy groups -OCH3 is 2. The number of ether oxygens (including phenoxy) is 2. The minimum Gasteiger partial charge on any atom is -0.496 e. The SMILES string of the molecule is COc1cccc(OC)c1-c1cc(C(=O)N[C@H](CC(=O)O)Cc2ccccc2)nn1C1CCCC1. The molecule has 8 nitrogen and oxygen atoms in total. The monoisotopic (exact) mass is 477 g/mol. The second-order valence-electron chi connectivity index (χ2n) is 8.79. The predicted octanol–water partition coefficient (Wildman–Crippen LogP) is 4.50. The van der Waals surface area contributed by atoms with E-state index in [0.717, 1.165) is 42.5 Å². The van der Waals surface area contributed by atoms with Gasteiger partial charge in [-0.3, -0.25) is 14.3 Å². The number of carbonyl (C=O) groups excluding carboxylic acids is 1. The van der Waals surface area contributed by atoms with E-state index in [0.29, 0.717) is 17.9 Å². The van der Waals surface area contributed by atoms with Crippen molar-refractivity contribution in [1.82, 2.24) is 15.1 Å². The molecule has 1 saturated carbocycles. The van der Waals surface area contributed by atoms with Gasteiger partial charge in [0.25, 0.3) is 5.91 Å². The van der Waals surface area contributed by atoms with Crippen molar-refractivity contribution in [3.05, 3.63) is 65.9 Å². The number of carbonyl (C=O) groups is 2. The van der Waals surface area contributed by atoms with Gasteiger partial charge in [0.05, 0.1) is 37.9 Å². The second kappa shape index (κ2) is 11.1. The lowest BCUT2D eigenvalue weighted by molar-refractivity contribution is -0.137. The molecule has 1 fully saturated rings. The normalized spacial score (nSPS) is 14.5. The zero-order chi connectivity index (χ0) is 24.8. The Bertz CT molecular complexity index is 1150. The van der Waals surface area contributed by atoms with Crippen molar-refractivity contribution in [3.63, 3.8) is 0 Å².